The van der Waals surface area contributed by atoms with Gasteiger partial charge in [-0.2, -0.15) is 5.10 Å². The fourth-order valence-corrected chi connectivity index (χ4v) is 2.17. The summed E-state index contributed by atoms with van der Waals surface area (Å²) in [5.74, 6) is 0. The molecule has 0 aromatic carbocycles. The van der Waals surface area contributed by atoms with E-state index in [0.29, 0.717) is 18.4 Å². The van der Waals surface area contributed by atoms with Crippen LogP contribution in [0.5, 0.6) is 0 Å². The quantitative estimate of drug-likeness (QED) is 0.721. The first-order valence-electron chi connectivity index (χ1n) is 5.65. The molecule has 0 bridgehead atoms. The van der Waals surface area contributed by atoms with Crippen LogP contribution in [0.25, 0.3) is 0 Å². The predicted octanol–water partition coefficient (Wildman–Crippen LogP) is 2.44. The third-order valence-corrected chi connectivity index (χ3v) is 2.93. The Balaban J connectivity index is 2.67. The average Bonchev–Trinajstić information content (AvgIpc) is 2.59. The van der Waals surface area contributed by atoms with Crippen LogP contribution < -0.4 is 0 Å². The van der Waals surface area contributed by atoms with Gasteiger partial charge in [0.15, 0.2) is 0 Å². The maximum Gasteiger partial charge on any atom is 0.251 e. The molecule has 0 radical (unpaired) electrons. The minimum absolute atomic E-state index is 0.196. The van der Waals surface area contributed by atoms with Gasteiger partial charge in [-0.05, 0) is 12.5 Å². The SMILES string of the molecule is CCc1cc(CN(CCBr)CC(F)F)n(C)n1. The summed E-state index contributed by atoms with van der Waals surface area (Å²) >= 11 is 3.28. The Bertz CT molecular complexity index is 341. The van der Waals surface area contributed by atoms with Crippen LogP contribution in [0.4, 0.5) is 8.78 Å². The van der Waals surface area contributed by atoms with Crippen LogP contribution in [0.1, 0.15) is 18.3 Å². The zero-order valence-electron chi connectivity index (χ0n) is 10.2. The molecule has 1 heterocycles. The van der Waals surface area contributed by atoms with Crippen LogP contribution in [0.15, 0.2) is 6.07 Å². The van der Waals surface area contributed by atoms with Gasteiger partial charge in [0.05, 0.1) is 17.9 Å². The maximum atomic E-state index is 12.4. The van der Waals surface area contributed by atoms with E-state index >= 15 is 0 Å². The summed E-state index contributed by atoms with van der Waals surface area (Å²) in [6.45, 7) is 2.95. The van der Waals surface area contributed by atoms with Crippen LogP contribution >= 0.6 is 15.9 Å². The van der Waals surface area contributed by atoms with E-state index in [2.05, 4.69) is 21.0 Å². The molecule has 0 aliphatic carbocycles. The molecule has 0 spiro atoms. The molecule has 1 rings (SSSR count). The summed E-state index contributed by atoms with van der Waals surface area (Å²) < 4.78 is 26.6. The van der Waals surface area contributed by atoms with Gasteiger partial charge in [-0.15, -0.1) is 0 Å². The number of aryl methyl sites for hydroxylation is 2. The summed E-state index contributed by atoms with van der Waals surface area (Å²) in [6, 6.07) is 1.98. The van der Waals surface area contributed by atoms with Crippen molar-refractivity contribution in [2.75, 3.05) is 18.4 Å². The van der Waals surface area contributed by atoms with Gasteiger partial charge in [-0.1, -0.05) is 22.9 Å². The van der Waals surface area contributed by atoms with Gasteiger partial charge in [0, 0.05) is 25.5 Å². The lowest BCUT2D eigenvalue weighted by Gasteiger charge is -2.20. The van der Waals surface area contributed by atoms with Gasteiger partial charge in [0.2, 0.25) is 0 Å². The van der Waals surface area contributed by atoms with E-state index in [1.807, 2.05) is 20.0 Å². The Labute approximate surface area is 109 Å². The van der Waals surface area contributed by atoms with E-state index in [-0.39, 0.29) is 6.54 Å². The van der Waals surface area contributed by atoms with Gasteiger partial charge in [0.1, 0.15) is 0 Å². The standard InChI is InChI=1S/C11H18BrF2N3/c1-3-9-6-10(16(2)15-9)7-17(5-4-12)8-11(13)14/h6,11H,3-5,7-8H2,1-2H3. The first-order chi connectivity index (χ1) is 8.06. The highest BCUT2D eigenvalue weighted by molar-refractivity contribution is 9.09. The Hall–Kier alpha value is -0.490. The molecule has 0 unspecified atom stereocenters. The highest BCUT2D eigenvalue weighted by atomic mass is 79.9. The number of nitrogens with zero attached hydrogens (tertiary/aromatic N) is 3. The summed E-state index contributed by atoms with van der Waals surface area (Å²) in [4.78, 5) is 1.73. The van der Waals surface area contributed by atoms with E-state index in [1.165, 1.54) is 0 Å². The van der Waals surface area contributed by atoms with Crippen LogP contribution in [0.3, 0.4) is 0 Å². The van der Waals surface area contributed by atoms with Crippen molar-refractivity contribution in [3.8, 4) is 0 Å². The highest BCUT2D eigenvalue weighted by Gasteiger charge is 2.14. The highest BCUT2D eigenvalue weighted by Crippen LogP contribution is 2.09. The Morgan fingerprint density at radius 3 is 2.71 bits per heavy atom. The van der Waals surface area contributed by atoms with Crippen LogP contribution in [-0.2, 0) is 20.0 Å². The van der Waals surface area contributed by atoms with Crippen molar-refractivity contribution in [3.05, 3.63) is 17.5 Å². The van der Waals surface area contributed by atoms with Crippen molar-refractivity contribution in [2.45, 2.75) is 26.3 Å². The zero-order valence-corrected chi connectivity index (χ0v) is 11.8. The first kappa shape index (κ1) is 14.6. The average molecular weight is 310 g/mol. The smallest absolute Gasteiger partial charge is 0.251 e. The topological polar surface area (TPSA) is 21.1 Å². The predicted molar refractivity (Wildman–Crippen MR) is 67.7 cm³/mol. The molecule has 3 nitrogen and oxygen atoms in total. The van der Waals surface area contributed by atoms with E-state index in [1.54, 1.807) is 9.58 Å². The van der Waals surface area contributed by atoms with Crippen molar-refractivity contribution in [3.63, 3.8) is 0 Å². The van der Waals surface area contributed by atoms with Crippen LogP contribution in [0.2, 0.25) is 0 Å². The molecule has 0 atom stereocenters. The molecule has 0 saturated carbocycles. The van der Waals surface area contributed by atoms with Crippen molar-refractivity contribution >= 4 is 15.9 Å². The summed E-state index contributed by atoms with van der Waals surface area (Å²) in [5, 5.41) is 5.00. The minimum Gasteiger partial charge on any atom is -0.291 e. The van der Waals surface area contributed by atoms with E-state index < -0.39 is 6.43 Å². The van der Waals surface area contributed by atoms with Gasteiger partial charge in [-0.25, -0.2) is 8.78 Å². The van der Waals surface area contributed by atoms with Crippen molar-refractivity contribution in [1.29, 1.82) is 0 Å². The zero-order chi connectivity index (χ0) is 12.8. The Morgan fingerprint density at radius 2 is 2.24 bits per heavy atom. The van der Waals surface area contributed by atoms with Crippen molar-refractivity contribution < 1.29 is 8.78 Å². The molecule has 1 aromatic rings. The third kappa shape index (κ3) is 4.71. The lowest BCUT2D eigenvalue weighted by Crippen LogP contribution is -2.31. The lowest BCUT2D eigenvalue weighted by atomic mass is 10.3. The lowest BCUT2D eigenvalue weighted by molar-refractivity contribution is 0.0870. The number of hydrogen-bond acceptors (Lipinski definition) is 2. The molecule has 0 saturated heterocycles. The molecule has 0 aliphatic heterocycles. The van der Waals surface area contributed by atoms with Crippen LogP contribution in [-0.4, -0.2) is 39.5 Å². The largest absolute Gasteiger partial charge is 0.291 e. The molecule has 98 valence electrons. The maximum absolute atomic E-state index is 12.4. The second-order valence-corrected chi connectivity index (χ2v) is 4.71. The molecule has 0 amide bonds. The Kier molecular flexibility index (Phi) is 6.05. The molecule has 0 N–H and O–H groups in total. The third-order valence-electron chi connectivity index (χ3n) is 2.57. The fraction of sp³-hybridized carbons (Fsp3) is 0.727. The second-order valence-electron chi connectivity index (χ2n) is 3.92. The van der Waals surface area contributed by atoms with Gasteiger partial charge >= 0.3 is 0 Å². The molecular weight excluding hydrogens is 292 g/mol. The van der Waals surface area contributed by atoms with Crippen LogP contribution in [0, 0.1) is 0 Å². The summed E-state index contributed by atoms with van der Waals surface area (Å²) in [7, 11) is 1.85. The van der Waals surface area contributed by atoms with Gasteiger partial charge < -0.3 is 0 Å². The molecule has 0 aliphatic rings. The molecular formula is C11H18BrF2N3. The molecule has 0 fully saturated rings. The van der Waals surface area contributed by atoms with Crippen molar-refractivity contribution in [1.82, 2.24) is 14.7 Å². The monoisotopic (exact) mass is 309 g/mol. The van der Waals surface area contributed by atoms with E-state index in [4.69, 9.17) is 0 Å². The number of hydrogen-bond donors (Lipinski definition) is 0. The fourth-order valence-electron chi connectivity index (χ4n) is 1.67. The molecule has 17 heavy (non-hydrogen) atoms. The van der Waals surface area contributed by atoms with Gasteiger partial charge in [-0.3, -0.25) is 9.58 Å². The Morgan fingerprint density at radius 1 is 1.53 bits per heavy atom. The number of rotatable bonds is 7. The van der Waals surface area contributed by atoms with E-state index in [0.717, 1.165) is 17.8 Å². The summed E-state index contributed by atoms with van der Waals surface area (Å²) in [5.41, 5.74) is 1.97. The minimum atomic E-state index is -2.30. The summed E-state index contributed by atoms with van der Waals surface area (Å²) in [6.07, 6.45) is -1.44. The van der Waals surface area contributed by atoms with E-state index in [9.17, 15) is 8.78 Å². The van der Waals surface area contributed by atoms with Crippen molar-refractivity contribution in [2.24, 2.45) is 7.05 Å². The first-order valence-corrected chi connectivity index (χ1v) is 6.77. The normalized spacial score (nSPS) is 11.7. The second kappa shape index (κ2) is 7.06. The molecule has 6 heteroatoms. The number of halogens is 3. The van der Waals surface area contributed by atoms with Gasteiger partial charge in [0.25, 0.3) is 6.43 Å². The number of alkyl halides is 3. The number of aromatic nitrogens is 2. The molecule has 1 aromatic heterocycles.